The van der Waals surface area contributed by atoms with E-state index in [9.17, 15) is 15.0 Å². The number of phenolic OH excluding ortho intramolecular Hbond substituents is 1. The van der Waals surface area contributed by atoms with E-state index in [1.54, 1.807) is 18.2 Å². The molecule has 22 heavy (non-hydrogen) atoms. The van der Waals surface area contributed by atoms with Crippen LogP contribution < -0.4 is 0 Å². The summed E-state index contributed by atoms with van der Waals surface area (Å²) in [4.78, 5) is 10.9. The molecule has 6 heteroatoms. The summed E-state index contributed by atoms with van der Waals surface area (Å²) in [6.07, 6.45) is 2.17. The summed E-state index contributed by atoms with van der Waals surface area (Å²) in [5, 5.41) is 19.7. The van der Waals surface area contributed by atoms with E-state index in [0.717, 1.165) is 0 Å². The van der Waals surface area contributed by atoms with Crippen LogP contribution in [0.25, 0.3) is 6.08 Å². The van der Waals surface area contributed by atoms with Gasteiger partial charge in [-0.05, 0) is 39.2 Å². The Morgan fingerprint density at radius 3 is 2.23 bits per heavy atom. The van der Waals surface area contributed by atoms with Crippen molar-refractivity contribution in [2.45, 2.75) is 38.9 Å². The molecule has 118 valence electrons. The zero-order valence-electron chi connectivity index (χ0n) is 13.3. The van der Waals surface area contributed by atoms with Crippen LogP contribution in [0.4, 0.5) is 0 Å². The predicted octanol–water partition coefficient (Wildman–Crippen LogP) is 2.21. The van der Waals surface area contributed by atoms with E-state index >= 15 is 0 Å². The second-order valence-corrected chi connectivity index (χ2v) is 6.37. The van der Waals surface area contributed by atoms with Gasteiger partial charge in [0.25, 0.3) is 0 Å². The molecule has 0 bridgehead atoms. The van der Waals surface area contributed by atoms with Crippen LogP contribution in [0.2, 0.25) is 0 Å². The Labute approximate surface area is 130 Å². The van der Waals surface area contributed by atoms with Gasteiger partial charge in [0.15, 0.2) is 6.29 Å². The summed E-state index contributed by atoms with van der Waals surface area (Å²) in [5.74, 6) is -0.125. The monoisotopic (exact) mass is 304 g/mol. The van der Waals surface area contributed by atoms with Gasteiger partial charge in [0, 0.05) is 5.56 Å². The molecule has 5 nitrogen and oxygen atoms in total. The van der Waals surface area contributed by atoms with Crippen molar-refractivity contribution >= 4 is 19.5 Å². The normalized spacial score (nSPS) is 20.2. The van der Waals surface area contributed by atoms with Crippen molar-refractivity contribution in [1.82, 2.24) is 0 Å². The summed E-state index contributed by atoms with van der Waals surface area (Å²) in [6, 6.07) is 4.84. The average molecular weight is 304 g/mol. The Balaban J connectivity index is 2.36. The van der Waals surface area contributed by atoms with Crippen molar-refractivity contribution in [3.63, 3.8) is 0 Å². The third kappa shape index (κ3) is 2.95. The number of para-hydroxylation sites is 1. The molecule has 1 fully saturated rings. The van der Waals surface area contributed by atoms with Crippen molar-refractivity contribution in [1.29, 1.82) is 0 Å². The van der Waals surface area contributed by atoms with E-state index in [0.29, 0.717) is 17.3 Å². The molecular weight excluding hydrogens is 283 g/mol. The largest absolute Gasteiger partial charge is 0.507 e. The lowest BCUT2D eigenvalue weighted by Gasteiger charge is -2.32. The number of carbonyl (C=O) groups excluding carboxylic acids is 1. The first-order valence-electron chi connectivity index (χ1n) is 7.16. The molecule has 0 unspecified atom stereocenters. The maximum absolute atomic E-state index is 10.9. The van der Waals surface area contributed by atoms with Crippen LogP contribution in [-0.2, 0) is 9.31 Å². The van der Waals surface area contributed by atoms with E-state index in [1.807, 2.05) is 27.7 Å². The third-order valence-electron chi connectivity index (χ3n) is 4.30. The average Bonchev–Trinajstić information content (AvgIpc) is 2.66. The Bertz CT molecular complexity index is 591. The van der Waals surface area contributed by atoms with Gasteiger partial charge in [-0.3, -0.25) is 4.79 Å². The summed E-state index contributed by atoms with van der Waals surface area (Å²) >= 11 is 0. The van der Waals surface area contributed by atoms with Crippen LogP contribution in [0.1, 0.15) is 43.6 Å². The third-order valence-corrected chi connectivity index (χ3v) is 4.30. The van der Waals surface area contributed by atoms with Crippen molar-refractivity contribution in [3.05, 3.63) is 34.8 Å². The number of aliphatic hydroxyl groups is 1. The minimum atomic E-state index is -0.700. The highest BCUT2D eigenvalue weighted by Crippen LogP contribution is 2.39. The molecule has 0 aliphatic carbocycles. The molecule has 1 heterocycles. The predicted molar refractivity (Wildman–Crippen MR) is 84.6 cm³/mol. The fraction of sp³-hybridized carbons (Fsp3) is 0.438. The Hall–Kier alpha value is -1.63. The number of aliphatic hydroxyl groups excluding tert-OH is 1. The number of phenols is 1. The Morgan fingerprint density at radius 2 is 1.73 bits per heavy atom. The van der Waals surface area contributed by atoms with Gasteiger partial charge in [-0.2, -0.15) is 0 Å². The molecule has 1 aromatic rings. The molecule has 1 saturated heterocycles. The first kappa shape index (κ1) is 16.7. The second kappa shape index (κ2) is 5.87. The molecular formula is C16H21BO5. The summed E-state index contributed by atoms with van der Waals surface area (Å²) in [5.41, 5.74) is 0.0809. The molecule has 0 spiro atoms. The summed E-state index contributed by atoms with van der Waals surface area (Å²) in [6.45, 7) is 7.42. The van der Waals surface area contributed by atoms with Crippen LogP contribution in [0.15, 0.2) is 23.7 Å². The first-order valence-corrected chi connectivity index (χ1v) is 7.16. The number of rotatable bonds is 4. The van der Waals surface area contributed by atoms with Gasteiger partial charge < -0.3 is 19.5 Å². The van der Waals surface area contributed by atoms with Crippen molar-refractivity contribution < 1.29 is 24.3 Å². The molecule has 0 amide bonds. The lowest BCUT2D eigenvalue weighted by atomic mass is 9.77. The topological polar surface area (TPSA) is 76.0 Å². The molecule has 0 atom stereocenters. The quantitative estimate of drug-likeness (QED) is 0.659. The number of hydrogen-bond acceptors (Lipinski definition) is 5. The Kier molecular flexibility index (Phi) is 4.47. The molecule has 0 aromatic heterocycles. The molecule has 0 saturated carbocycles. The highest BCUT2D eigenvalue weighted by atomic mass is 16.7. The first-order chi connectivity index (χ1) is 10.2. The highest BCUT2D eigenvalue weighted by Gasteiger charge is 2.52. The molecule has 1 aromatic carbocycles. The van der Waals surface area contributed by atoms with Crippen LogP contribution >= 0.6 is 0 Å². The highest BCUT2D eigenvalue weighted by molar-refractivity contribution is 6.55. The molecule has 1 aliphatic heterocycles. The fourth-order valence-corrected chi connectivity index (χ4v) is 2.17. The van der Waals surface area contributed by atoms with E-state index in [-0.39, 0.29) is 17.9 Å². The van der Waals surface area contributed by atoms with Gasteiger partial charge in [-0.15, -0.1) is 0 Å². The zero-order chi connectivity index (χ0) is 16.5. The minimum absolute atomic E-state index is 0.125. The van der Waals surface area contributed by atoms with Crippen molar-refractivity contribution in [3.8, 4) is 5.75 Å². The van der Waals surface area contributed by atoms with E-state index in [4.69, 9.17) is 9.31 Å². The van der Waals surface area contributed by atoms with E-state index in [1.165, 1.54) is 6.07 Å². The van der Waals surface area contributed by atoms with Gasteiger partial charge in [0.2, 0.25) is 0 Å². The van der Waals surface area contributed by atoms with Gasteiger partial charge in [-0.25, -0.2) is 0 Å². The lowest BCUT2D eigenvalue weighted by molar-refractivity contribution is 0.00578. The molecule has 2 N–H and O–H groups in total. The standard InChI is InChI=1S/C16H21BO5/c1-15(2)16(3,4)22-17(21-15)13(10-19)8-11-6-5-7-12(9-18)14(11)20/h5-9,19-20H,10H2,1-4H3. The zero-order valence-corrected chi connectivity index (χ0v) is 13.3. The van der Waals surface area contributed by atoms with Gasteiger partial charge in [-0.1, -0.05) is 18.2 Å². The van der Waals surface area contributed by atoms with E-state index < -0.39 is 18.3 Å². The number of hydrogen-bond donors (Lipinski definition) is 2. The fourth-order valence-electron chi connectivity index (χ4n) is 2.17. The number of aromatic hydroxyl groups is 1. The second-order valence-electron chi connectivity index (χ2n) is 6.37. The summed E-state index contributed by atoms with van der Waals surface area (Å²) < 4.78 is 11.8. The van der Waals surface area contributed by atoms with E-state index in [2.05, 4.69) is 0 Å². The maximum atomic E-state index is 10.9. The van der Waals surface area contributed by atoms with Gasteiger partial charge in [0.1, 0.15) is 5.75 Å². The van der Waals surface area contributed by atoms with Crippen molar-refractivity contribution in [2.24, 2.45) is 0 Å². The smallest absolute Gasteiger partial charge is 0.492 e. The number of aldehydes is 1. The van der Waals surface area contributed by atoms with Crippen LogP contribution in [0.5, 0.6) is 5.75 Å². The van der Waals surface area contributed by atoms with Crippen molar-refractivity contribution in [2.75, 3.05) is 6.61 Å². The molecule has 1 aliphatic rings. The minimum Gasteiger partial charge on any atom is -0.507 e. The number of carbonyl (C=O) groups is 1. The molecule has 0 radical (unpaired) electrons. The van der Waals surface area contributed by atoms with Gasteiger partial charge in [0.05, 0.1) is 23.4 Å². The SMILES string of the molecule is CC1(C)OB(C(=Cc2cccc(C=O)c2O)CO)OC1(C)C. The summed E-state index contributed by atoms with van der Waals surface area (Å²) in [7, 11) is -0.700. The number of benzene rings is 1. The maximum Gasteiger partial charge on any atom is 0.492 e. The van der Waals surface area contributed by atoms with Crippen LogP contribution in [0, 0.1) is 0 Å². The lowest BCUT2D eigenvalue weighted by Crippen LogP contribution is -2.41. The van der Waals surface area contributed by atoms with Gasteiger partial charge >= 0.3 is 7.12 Å². The Morgan fingerprint density at radius 1 is 1.18 bits per heavy atom. The van der Waals surface area contributed by atoms with Crippen LogP contribution in [-0.4, -0.2) is 41.4 Å². The molecule has 2 rings (SSSR count). The van der Waals surface area contributed by atoms with Crippen LogP contribution in [0.3, 0.4) is 0 Å².